The van der Waals surface area contributed by atoms with Crippen LogP contribution in [0.3, 0.4) is 0 Å². The summed E-state index contributed by atoms with van der Waals surface area (Å²) in [6, 6.07) is 7.41. The molecule has 10 nitrogen and oxygen atoms in total. The van der Waals surface area contributed by atoms with Crippen LogP contribution in [0.15, 0.2) is 47.8 Å². The molecule has 1 saturated heterocycles. The minimum atomic E-state index is -2.69. The Kier molecular flexibility index (Phi) is 6.51. The third-order valence-electron chi connectivity index (χ3n) is 6.24. The first-order valence-corrected chi connectivity index (χ1v) is 12.6. The lowest BCUT2D eigenvalue weighted by Gasteiger charge is -2.32. The van der Waals surface area contributed by atoms with Crippen LogP contribution >= 0.6 is 11.3 Å². The van der Waals surface area contributed by atoms with Gasteiger partial charge in [0.05, 0.1) is 54.0 Å². The molecular weight excluding hydrogens is 521 g/mol. The van der Waals surface area contributed by atoms with Crippen LogP contribution in [0.5, 0.6) is 0 Å². The number of nitrogens with zero attached hydrogens (tertiary/aromatic N) is 6. The number of imidazole rings is 1. The summed E-state index contributed by atoms with van der Waals surface area (Å²) in [6.07, 6.45) is 2.07. The zero-order valence-corrected chi connectivity index (χ0v) is 20.5. The second-order valence-corrected chi connectivity index (χ2v) is 9.82. The number of ether oxygens (including phenoxy) is 1. The molecule has 1 fully saturated rings. The number of pyridine rings is 1. The van der Waals surface area contributed by atoms with Crippen LogP contribution in [0.25, 0.3) is 22.4 Å². The van der Waals surface area contributed by atoms with Gasteiger partial charge in [0.2, 0.25) is 0 Å². The third kappa shape index (κ3) is 4.61. The smallest absolute Gasteiger partial charge is 0.280 e. The predicted octanol–water partition coefficient (Wildman–Crippen LogP) is 3.70. The van der Waals surface area contributed by atoms with Crippen molar-refractivity contribution >= 4 is 40.3 Å². The summed E-state index contributed by atoms with van der Waals surface area (Å²) in [6.45, 7) is 1.09. The van der Waals surface area contributed by atoms with Crippen LogP contribution < -0.4 is 15.9 Å². The molecule has 2 N–H and O–H groups in total. The number of amides is 1. The monoisotopic (exact) mass is 542 g/mol. The number of carbonyl (C=O) groups excluding carboxylic acids is 1. The van der Waals surface area contributed by atoms with E-state index in [1.54, 1.807) is 35.7 Å². The summed E-state index contributed by atoms with van der Waals surface area (Å²) in [7, 11) is 0. The van der Waals surface area contributed by atoms with Crippen LogP contribution in [-0.2, 0) is 4.74 Å². The molecule has 0 spiro atoms. The van der Waals surface area contributed by atoms with E-state index < -0.39 is 24.2 Å². The van der Waals surface area contributed by atoms with E-state index in [2.05, 4.69) is 25.8 Å². The van der Waals surface area contributed by atoms with Crippen molar-refractivity contribution in [2.45, 2.75) is 24.9 Å². The highest BCUT2D eigenvalue weighted by molar-refractivity contribution is 7.13. The Morgan fingerprint density at radius 2 is 2.08 bits per heavy atom. The standard InChI is InChI=1S/C24H21F3N8O2S/c25-16-4-2-1-3-15(16)22-33-17-9-28-20(35-30-5-6-31-35)8-18(17)34(22)14-7-13(11-37-12-14)32-23(36)24-29-10-19(38-24)21(26)27/h1-5,8-10,13-14,21,31H,6-7,11-12H2,(H,32,36). The van der Waals surface area contributed by atoms with Gasteiger partial charge in [-0.2, -0.15) is 10.2 Å². The lowest BCUT2D eigenvalue weighted by atomic mass is 10.0. The molecular formula is C24H21F3N8O2S. The lowest BCUT2D eigenvalue weighted by molar-refractivity contribution is 0.0351. The van der Waals surface area contributed by atoms with E-state index in [0.29, 0.717) is 59.1 Å². The van der Waals surface area contributed by atoms with Gasteiger partial charge in [0, 0.05) is 18.5 Å². The van der Waals surface area contributed by atoms with E-state index in [-0.39, 0.29) is 22.5 Å². The molecule has 38 heavy (non-hydrogen) atoms. The Morgan fingerprint density at radius 3 is 2.84 bits per heavy atom. The van der Waals surface area contributed by atoms with Crippen molar-refractivity contribution in [3.63, 3.8) is 0 Å². The minimum absolute atomic E-state index is 0.0445. The topological polar surface area (TPSA) is 110 Å². The zero-order chi connectivity index (χ0) is 26.2. The molecule has 1 amide bonds. The summed E-state index contributed by atoms with van der Waals surface area (Å²) in [4.78, 5) is 25.4. The summed E-state index contributed by atoms with van der Waals surface area (Å²) in [5.41, 5.74) is 4.64. The van der Waals surface area contributed by atoms with Gasteiger partial charge in [0.25, 0.3) is 12.3 Å². The van der Waals surface area contributed by atoms with Gasteiger partial charge in [0.1, 0.15) is 17.2 Å². The Labute approximate surface area is 218 Å². The zero-order valence-electron chi connectivity index (χ0n) is 19.7. The molecule has 2 aliphatic rings. The largest absolute Gasteiger partial charge is 0.377 e. The molecule has 5 heterocycles. The van der Waals surface area contributed by atoms with Crippen molar-refractivity contribution in [3.8, 4) is 11.4 Å². The predicted molar refractivity (Wildman–Crippen MR) is 135 cm³/mol. The van der Waals surface area contributed by atoms with Gasteiger partial charge in [-0.15, -0.1) is 11.3 Å². The maximum Gasteiger partial charge on any atom is 0.280 e. The van der Waals surface area contributed by atoms with Crippen LogP contribution in [0.1, 0.15) is 33.6 Å². The second kappa shape index (κ2) is 10.1. The van der Waals surface area contributed by atoms with Gasteiger partial charge in [-0.3, -0.25) is 4.79 Å². The Bertz CT molecular complexity index is 1520. The molecule has 14 heteroatoms. The Morgan fingerprint density at radius 1 is 1.21 bits per heavy atom. The number of hydrazine groups is 1. The van der Waals surface area contributed by atoms with Gasteiger partial charge in [0.15, 0.2) is 10.8 Å². The van der Waals surface area contributed by atoms with E-state index in [0.717, 1.165) is 6.20 Å². The first-order chi connectivity index (χ1) is 18.5. The number of carbonyl (C=O) groups is 1. The number of hydrazone groups is 1. The molecule has 1 aromatic carbocycles. The van der Waals surface area contributed by atoms with E-state index in [1.165, 1.54) is 6.07 Å². The van der Waals surface area contributed by atoms with Crippen molar-refractivity contribution in [1.82, 2.24) is 30.3 Å². The summed E-state index contributed by atoms with van der Waals surface area (Å²) in [5.74, 6) is -0.0432. The minimum Gasteiger partial charge on any atom is -0.377 e. The highest BCUT2D eigenvalue weighted by Gasteiger charge is 2.30. The molecule has 0 saturated carbocycles. The highest BCUT2D eigenvalue weighted by atomic mass is 32.1. The van der Waals surface area contributed by atoms with Gasteiger partial charge in [-0.05, 0) is 18.6 Å². The summed E-state index contributed by atoms with van der Waals surface area (Å²) >= 11 is 0.653. The van der Waals surface area contributed by atoms with Crippen molar-refractivity contribution in [1.29, 1.82) is 0 Å². The van der Waals surface area contributed by atoms with Crippen LogP contribution in [0.2, 0.25) is 0 Å². The van der Waals surface area contributed by atoms with E-state index in [9.17, 15) is 18.0 Å². The van der Waals surface area contributed by atoms with Crippen LogP contribution in [0, 0.1) is 5.82 Å². The number of benzene rings is 1. The molecule has 2 atom stereocenters. The normalized spacial score (nSPS) is 19.5. The number of hydrogen-bond donors (Lipinski definition) is 2. The molecule has 6 rings (SSSR count). The number of halogens is 3. The molecule has 2 aliphatic heterocycles. The second-order valence-electron chi connectivity index (χ2n) is 8.75. The van der Waals surface area contributed by atoms with E-state index >= 15 is 0 Å². The molecule has 196 valence electrons. The fraction of sp³-hybridized carbons (Fsp3) is 0.292. The van der Waals surface area contributed by atoms with Crippen molar-refractivity contribution in [3.05, 3.63) is 58.4 Å². The molecule has 0 radical (unpaired) electrons. The SMILES string of the molecule is O=C(NC1COCC(n2c(-c3ccccc3F)nc3cnc(N4N=CCN4)cc32)C1)c1ncc(C(F)F)s1. The number of rotatable bonds is 6. The first kappa shape index (κ1) is 24.5. The van der Waals surface area contributed by atoms with Crippen LogP contribution in [-0.4, -0.2) is 57.4 Å². The van der Waals surface area contributed by atoms with Crippen molar-refractivity contribution in [2.75, 3.05) is 24.9 Å². The molecule has 0 bridgehead atoms. The number of alkyl halides is 2. The average molecular weight is 543 g/mol. The Balaban J connectivity index is 1.34. The average Bonchev–Trinajstić information content (AvgIpc) is 3.69. The van der Waals surface area contributed by atoms with Gasteiger partial charge in [-0.25, -0.2) is 33.5 Å². The van der Waals surface area contributed by atoms with E-state index in [1.807, 2.05) is 10.6 Å². The van der Waals surface area contributed by atoms with Gasteiger partial charge >= 0.3 is 0 Å². The van der Waals surface area contributed by atoms with Crippen LogP contribution in [0.4, 0.5) is 19.0 Å². The number of fused-ring (bicyclic) bond motifs is 1. The maximum atomic E-state index is 14.9. The molecule has 2 unspecified atom stereocenters. The van der Waals surface area contributed by atoms with E-state index in [4.69, 9.17) is 9.72 Å². The van der Waals surface area contributed by atoms with Crippen molar-refractivity contribution in [2.24, 2.45) is 5.10 Å². The van der Waals surface area contributed by atoms with Gasteiger partial charge in [-0.1, -0.05) is 12.1 Å². The Hall–Kier alpha value is -3.88. The quantitative estimate of drug-likeness (QED) is 0.382. The summed E-state index contributed by atoms with van der Waals surface area (Å²) < 4.78 is 48.5. The molecule has 4 aromatic rings. The maximum absolute atomic E-state index is 14.9. The molecule has 3 aromatic heterocycles. The number of anilines is 1. The van der Waals surface area contributed by atoms with Crippen molar-refractivity contribution < 1.29 is 22.7 Å². The summed E-state index contributed by atoms with van der Waals surface area (Å²) in [5, 5.41) is 8.58. The number of hydrogen-bond acceptors (Lipinski definition) is 9. The third-order valence-corrected chi connectivity index (χ3v) is 7.25. The van der Waals surface area contributed by atoms with Gasteiger partial charge < -0.3 is 14.6 Å². The fourth-order valence-electron chi connectivity index (χ4n) is 4.57. The molecule has 0 aliphatic carbocycles. The first-order valence-electron chi connectivity index (χ1n) is 11.8. The number of nitrogens with one attached hydrogen (secondary N) is 2. The number of thiazole rings is 1. The fourth-order valence-corrected chi connectivity index (χ4v) is 5.24. The lowest BCUT2D eigenvalue weighted by Crippen LogP contribution is -2.44. The number of aromatic nitrogens is 4. The highest BCUT2D eigenvalue weighted by Crippen LogP contribution is 2.34.